The molecule has 0 bridgehead atoms. The Balaban J connectivity index is 0.000000272. The number of aromatic nitrogens is 3. The van der Waals surface area contributed by atoms with Crippen LogP contribution in [0.1, 0.15) is 25.2 Å². The van der Waals surface area contributed by atoms with Gasteiger partial charge in [-0.25, -0.2) is 9.67 Å². The third-order valence-corrected chi connectivity index (χ3v) is 6.32. The molecule has 3 aromatic rings. The number of thiophene rings is 1. The minimum Gasteiger partial charge on any atom is -0.487 e. The van der Waals surface area contributed by atoms with E-state index in [-0.39, 0.29) is 5.91 Å². The van der Waals surface area contributed by atoms with Gasteiger partial charge in [-0.2, -0.15) is 0 Å². The Labute approximate surface area is 213 Å². The van der Waals surface area contributed by atoms with Crippen molar-refractivity contribution < 1.29 is 9.53 Å². The number of ether oxygens (including phenoxy) is 1. The minimum atomic E-state index is -0.0229. The van der Waals surface area contributed by atoms with E-state index in [1.807, 2.05) is 36.4 Å². The van der Waals surface area contributed by atoms with E-state index in [1.54, 1.807) is 43.1 Å². The van der Waals surface area contributed by atoms with Crippen LogP contribution in [0.15, 0.2) is 60.2 Å². The standard InChI is InChI=1S/C15H16N4O2S.C7H8.C5H13N/c1-18(2)15(20)10-4-6-12-16-14(17-19(12)9-8-10)11-5-7-13(21-3)22-11;1-7-5-3-2-4-6-7;1-4-6(3)5-2/h4-5,7-9H,6H2,1-3H3;2-6H,1H3;4-5H2,1-3H3. The molecule has 0 N–H and O–H groups in total. The first-order valence-electron chi connectivity index (χ1n) is 11.7. The van der Waals surface area contributed by atoms with Gasteiger partial charge < -0.3 is 14.5 Å². The predicted molar refractivity (Wildman–Crippen MR) is 146 cm³/mol. The Morgan fingerprint density at radius 2 is 1.77 bits per heavy atom. The molecule has 0 saturated carbocycles. The maximum absolute atomic E-state index is 12.0. The first-order chi connectivity index (χ1) is 16.8. The molecule has 7 nitrogen and oxygen atoms in total. The Bertz CT molecular complexity index is 1110. The molecule has 35 heavy (non-hydrogen) atoms. The van der Waals surface area contributed by atoms with E-state index in [2.05, 4.69) is 54.9 Å². The summed E-state index contributed by atoms with van der Waals surface area (Å²) in [6.07, 6.45) is 5.99. The van der Waals surface area contributed by atoms with Gasteiger partial charge in [0, 0.05) is 32.3 Å². The van der Waals surface area contributed by atoms with Gasteiger partial charge in [0.25, 0.3) is 5.91 Å². The monoisotopic (exact) mass is 495 g/mol. The molecule has 4 rings (SSSR count). The number of hydrogen-bond donors (Lipinski definition) is 0. The summed E-state index contributed by atoms with van der Waals surface area (Å²) in [6, 6.07) is 14.1. The van der Waals surface area contributed by atoms with Crippen LogP contribution in [0.25, 0.3) is 16.9 Å². The lowest BCUT2D eigenvalue weighted by molar-refractivity contribution is -0.124. The van der Waals surface area contributed by atoms with Gasteiger partial charge in [-0.15, -0.1) is 5.10 Å². The number of rotatable bonds is 5. The smallest absolute Gasteiger partial charge is 0.253 e. The highest BCUT2D eigenvalue weighted by Crippen LogP contribution is 2.31. The molecule has 0 radical (unpaired) electrons. The van der Waals surface area contributed by atoms with Crippen molar-refractivity contribution >= 4 is 23.4 Å². The summed E-state index contributed by atoms with van der Waals surface area (Å²) >= 11 is 1.50. The first kappa shape index (κ1) is 28.0. The number of likely N-dealkylation sites (N-methyl/N-ethyl adjacent to an activating group) is 1. The Hall–Kier alpha value is -3.23. The molecule has 3 heterocycles. The summed E-state index contributed by atoms with van der Waals surface area (Å²) in [6.45, 7) is 8.72. The lowest BCUT2D eigenvalue weighted by Crippen LogP contribution is -2.22. The van der Waals surface area contributed by atoms with Gasteiger partial charge in [0.15, 0.2) is 10.9 Å². The zero-order valence-electron chi connectivity index (χ0n) is 21.9. The summed E-state index contributed by atoms with van der Waals surface area (Å²) in [7, 11) is 7.23. The highest BCUT2D eigenvalue weighted by molar-refractivity contribution is 7.17. The summed E-state index contributed by atoms with van der Waals surface area (Å²) in [5.41, 5.74) is 1.97. The molecule has 0 atom stereocenters. The van der Waals surface area contributed by atoms with Gasteiger partial charge in [0.1, 0.15) is 5.82 Å². The molecule has 1 amide bonds. The van der Waals surface area contributed by atoms with Crippen LogP contribution in [-0.2, 0) is 11.2 Å². The van der Waals surface area contributed by atoms with E-state index in [9.17, 15) is 4.79 Å². The number of fused-ring (bicyclic) bond motifs is 1. The second-order valence-electron chi connectivity index (χ2n) is 8.14. The predicted octanol–water partition coefficient (Wildman–Crippen LogP) is 5.01. The van der Waals surface area contributed by atoms with Crippen molar-refractivity contribution in [3.63, 3.8) is 0 Å². The lowest BCUT2D eigenvalue weighted by Gasteiger charge is -2.09. The minimum absolute atomic E-state index is 0.0229. The van der Waals surface area contributed by atoms with Crippen molar-refractivity contribution in [3.8, 4) is 15.8 Å². The molecule has 0 saturated heterocycles. The molecular weight excluding hydrogens is 458 g/mol. The molecule has 2 aromatic heterocycles. The Morgan fingerprint density at radius 1 is 1.09 bits per heavy atom. The van der Waals surface area contributed by atoms with Crippen molar-refractivity contribution in [1.29, 1.82) is 0 Å². The van der Waals surface area contributed by atoms with Crippen LogP contribution in [0.4, 0.5) is 0 Å². The van der Waals surface area contributed by atoms with Crippen LogP contribution < -0.4 is 4.74 Å². The highest BCUT2D eigenvalue weighted by Gasteiger charge is 2.16. The zero-order chi connectivity index (χ0) is 25.8. The maximum atomic E-state index is 12.0. The quantitative estimate of drug-likeness (QED) is 0.498. The average molecular weight is 496 g/mol. The normalized spacial score (nSPS) is 11.8. The van der Waals surface area contributed by atoms with Crippen LogP contribution in [-0.4, -0.2) is 71.8 Å². The lowest BCUT2D eigenvalue weighted by atomic mass is 10.2. The molecule has 0 aliphatic carbocycles. The highest BCUT2D eigenvalue weighted by atomic mass is 32.1. The maximum Gasteiger partial charge on any atom is 0.253 e. The van der Waals surface area contributed by atoms with Gasteiger partial charge in [-0.05, 0) is 45.3 Å². The molecule has 0 unspecified atom stereocenters. The molecule has 0 fully saturated rings. The molecule has 0 spiro atoms. The summed E-state index contributed by atoms with van der Waals surface area (Å²) in [4.78, 5) is 21.3. The van der Waals surface area contributed by atoms with Crippen molar-refractivity contribution in [2.24, 2.45) is 0 Å². The third kappa shape index (κ3) is 8.81. The number of allylic oxidation sites excluding steroid dienone is 1. The molecule has 1 aromatic carbocycles. The summed E-state index contributed by atoms with van der Waals surface area (Å²) < 4.78 is 6.91. The van der Waals surface area contributed by atoms with Crippen LogP contribution in [0.3, 0.4) is 0 Å². The van der Waals surface area contributed by atoms with E-state index >= 15 is 0 Å². The van der Waals surface area contributed by atoms with E-state index in [0.717, 1.165) is 28.9 Å². The molecule has 1 aliphatic heterocycles. The van der Waals surface area contributed by atoms with Crippen molar-refractivity contribution in [2.75, 3.05) is 41.3 Å². The summed E-state index contributed by atoms with van der Waals surface area (Å²) in [5, 5.41) is 5.31. The fourth-order valence-electron chi connectivity index (χ4n) is 2.86. The molecular formula is C27H37N5O2S. The Kier molecular flexibility index (Phi) is 11.4. The van der Waals surface area contributed by atoms with Crippen molar-refractivity contribution in [1.82, 2.24) is 24.6 Å². The number of nitrogens with zero attached hydrogens (tertiary/aromatic N) is 5. The summed E-state index contributed by atoms with van der Waals surface area (Å²) in [5.74, 6) is 1.45. The van der Waals surface area contributed by atoms with Crippen molar-refractivity contribution in [3.05, 3.63) is 71.6 Å². The van der Waals surface area contributed by atoms with Gasteiger partial charge in [-0.1, -0.05) is 67.2 Å². The van der Waals surface area contributed by atoms with E-state index in [1.165, 1.54) is 16.9 Å². The second-order valence-corrected chi connectivity index (χ2v) is 9.19. The van der Waals surface area contributed by atoms with Gasteiger partial charge in [0.05, 0.1) is 12.0 Å². The van der Waals surface area contributed by atoms with Crippen LogP contribution in [0.2, 0.25) is 0 Å². The number of carbonyl (C=O) groups excluding carboxylic acids is 1. The second kappa shape index (κ2) is 14.2. The number of hydrogen-bond acceptors (Lipinski definition) is 6. The van der Waals surface area contributed by atoms with Gasteiger partial charge >= 0.3 is 0 Å². The molecule has 188 valence electrons. The van der Waals surface area contributed by atoms with Crippen LogP contribution in [0.5, 0.6) is 5.06 Å². The largest absolute Gasteiger partial charge is 0.487 e. The van der Waals surface area contributed by atoms with Crippen molar-refractivity contribution in [2.45, 2.75) is 27.2 Å². The number of aryl methyl sites for hydroxylation is 1. The van der Waals surface area contributed by atoms with Crippen LogP contribution >= 0.6 is 11.3 Å². The van der Waals surface area contributed by atoms with E-state index in [0.29, 0.717) is 17.8 Å². The fraction of sp³-hybridized carbons (Fsp3) is 0.370. The third-order valence-electron chi connectivity index (χ3n) is 5.28. The average Bonchev–Trinajstić information content (AvgIpc) is 3.47. The Morgan fingerprint density at radius 3 is 2.26 bits per heavy atom. The SMILES string of the molecule is CCN(C)CC.COc1ccc(-c2nc3n(n2)C=CC(C(=O)N(C)C)=CC3)s1.Cc1ccccc1. The first-order valence-corrected chi connectivity index (χ1v) is 12.5. The zero-order valence-corrected chi connectivity index (χ0v) is 22.7. The number of benzene rings is 1. The molecule has 8 heteroatoms. The van der Waals surface area contributed by atoms with Gasteiger partial charge in [-0.3, -0.25) is 4.79 Å². The number of methoxy groups -OCH3 is 1. The van der Waals surface area contributed by atoms with E-state index < -0.39 is 0 Å². The molecule has 1 aliphatic rings. The number of amides is 1. The van der Waals surface area contributed by atoms with E-state index in [4.69, 9.17) is 4.74 Å². The van der Waals surface area contributed by atoms with Gasteiger partial charge in [0.2, 0.25) is 0 Å². The number of carbonyl (C=O) groups is 1. The topological polar surface area (TPSA) is 63.5 Å². The van der Waals surface area contributed by atoms with Crippen LogP contribution in [0, 0.1) is 6.92 Å². The fourth-order valence-corrected chi connectivity index (χ4v) is 3.61.